The van der Waals surface area contributed by atoms with Gasteiger partial charge in [0.05, 0.1) is 0 Å². The summed E-state index contributed by atoms with van der Waals surface area (Å²) in [5, 5.41) is 28.4. The number of hydrogen-bond acceptors (Lipinski definition) is 4. The van der Waals surface area contributed by atoms with Gasteiger partial charge in [0.2, 0.25) is 0 Å². The van der Waals surface area contributed by atoms with Crippen LogP contribution in [0.15, 0.2) is 0 Å². The van der Waals surface area contributed by atoms with Gasteiger partial charge in [-0.1, -0.05) is 46.4 Å². The molecule has 0 bridgehead atoms. The maximum atomic E-state index is 8.60. The molecule has 0 aromatic rings. The van der Waals surface area contributed by atoms with Gasteiger partial charge in [-0.05, 0) is 27.7 Å². The van der Waals surface area contributed by atoms with E-state index in [1.807, 2.05) is 0 Å². The number of halogens is 12. The van der Waals surface area contributed by atoms with Crippen molar-refractivity contribution in [3.8, 4) is 0 Å². The van der Waals surface area contributed by atoms with E-state index in [-0.39, 0.29) is 21.1 Å². The van der Waals surface area contributed by atoms with Gasteiger partial charge in [0, 0.05) is 21.1 Å². The fourth-order valence-electron chi connectivity index (χ4n) is 0. The largest absolute Gasteiger partial charge is 0.372 e. The molecule has 0 aliphatic carbocycles. The van der Waals surface area contributed by atoms with Crippen LogP contribution in [0.1, 0.15) is 27.7 Å². The zero-order valence-corrected chi connectivity index (χ0v) is 26.1. The van der Waals surface area contributed by atoms with Crippen LogP contribution in [-0.2, 0) is 21.1 Å². The summed E-state index contributed by atoms with van der Waals surface area (Å²) in [5.41, 5.74) is 0. The zero-order valence-electron chi connectivity index (χ0n) is 15.0. The van der Waals surface area contributed by atoms with Crippen molar-refractivity contribution >= 4 is 139 Å². The minimum Gasteiger partial charge on any atom is -0.372 e. The van der Waals surface area contributed by atoms with Crippen LogP contribution < -0.4 is 0 Å². The fraction of sp³-hybridized carbons (Fsp3) is 1.00. The van der Waals surface area contributed by atoms with Gasteiger partial charge in [0.25, 0.3) is 0 Å². The van der Waals surface area contributed by atoms with Crippen molar-refractivity contribution < 1.29 is 41.5 Å². The van der Waals surface area contributed by atoms with Gasteiger partial charge >= 0.3 is 0 Å². The molecule has 0 aliphatic rings. The molecular weight excluding hydrogens is 730 g/mol. The van der Waals surface area contributed by atoms with E-state index in [1.165, 1.54) is 27.7 Å². The Morgan fingerprint density at radius 1 is 0.414 bits per heavy atom. The monoisotopic (exact) mass is 746 g/mol. The third-order valence-electron chi connectivity index (χ3n) is 1.59. The Hall–Kier alpha value is 4.01. The minimum absolute atomic E-state index is 0. The molecule has 0 amide bonds. The molecule has 0 spiro atoms. The van der Waals surface area contributed by atoms with Crippen LogP contribution in [0.3, 0.4) is 0 Å². The summed E-state index contributed by atoms with van der Waals surface area (Å²) in [6.07, 6.45) is 0. The van der Waals surface area contributed by atoms with Crippen LogP contribution in [0.2, 0.25) is 0 Å². The van der Waals surface area contributed by atoms with Crippen LogP contribution in [-0.4, -0.2) is 60.0 Å². The van der Waals surface area contributed by atoms with E-state index in [1.54, 1.807) is 0 Å². The average Bonchev–Trinajstić information content (AvgIpc) is 2.35. The molecule has 0 saturated heterocycles. The van der Waals surface area contributed by atoms with Gasteiger partial charge in [-0.15, -0.1) is 92.8 Å². The third kappa shape index (κ3) is 36.7. The average molecular weight is 750 g/mol. The minimum atomic E-state index is -1.50. The van der Waals surface area contributed by atoms with Crippen LogP contribution in [0.25, 0.3) is 0 Å². The fourth-order valence-corrected chi connectivity index (χ4v) is 0. The quantitative estimate of drug-likeness (QED) is 0.186. The Kier molecular flexibility index (Phi) is 28.6. The van der Waals surface area contributed by atoms with Crippen LogP contribution >= 0.6 is 139 Å². The van der Waals surface area contributed by atoms with E-state index in [0.29, 0.717) is 0 Å². The maximum absolute atomic E-state index is 8.60. The Morgan fingerprint density at radius 2 is 0.448 bits per heavy atom. The molecule has 0 radical (unpaired) electrons. The molecule has 0 aliphatic heterocycles. The number of rotatable bonds is 4. The van der Waals surface area contributed by atoms with E-state index in [9.17, 15) is 0 Å². The number of alkyl halides is 12. The normalized spacial score (nSPS) is 19.0. The van der Waals surface area contributed by atoms with Crippen molar-refractivity contribution in [3.63, 3.8) is 0 Å². The summed E-state index contributed by atoms with van der Waals surface area (Å²) >= 11 is 61.7. The molecule has 0 saturated carbocycles. The number of hydrogen-bond donors (Lipinski definition) is 4. The van der Waals surface area contributed by atoms with Crippen LogP contribution in [0.5, 0.6) is 0 Å². The van der Waals surface area contributed by atoms with Gasteiger partial charge in [-0.2, -0.15) is 0 Å². The molecule has 0 rings (SSSR count). The summed E-state index contributed by atoms with van der Waals surface area (Å²) in [7, 11) is 0. The smallest absolute Gasteiger partial charge is 0.165 e. The van der Waals surface area contributed by atoms with E-state index < -0.39 is 39.6 Å². The molecule has 0 fully saturated rings. The summed E-state index contributed by atoms with van der Waals surface area (Å²) in [6, 6.07) is 0. The molecule has 0 aromatic carbocycles. The topological polar surface area (TPSA) is 80.9 Å². The second-order valence-corrected chi connectivity index (χ2v) is 12.7. The predicted octanol–water partition coefficient (Wildman–Crippen LogP) is 6.95. The van der Waals surface area contributed by atoms with Gasteiger partial charge < -0.3 is 20.4 Å². The van der Waals surface area contributed by atoms with E-state index in [4.69, 9.17) is 160 Å². The van der Waals surface area contributed by atoms with Crippen LogP contribution in [0, 0.1) is 0 Å². The zero-order chi connectivity index (χ0) is 24.3. The van der Waals surface area contributed by atoms with E-state index in [0.717, 1.165) is 0 Å². The first kappa shape index (κ1) is 43.1. The molecule has 0 heterocycles. The second-order valence-electron chi connectivity index (χ2n) is 5.30. The predicted molar refractivity (Wildman–Crippen MR) is 128 cm³/mol. The molecule has 4 atom stereocenters. The SMILES string of the molecule is CC(O)(Cl)C(Cl)Cl.CC(O)(Cl)C(Cl)Cl.CC(O)(Cl)C(Cl)Cl.CC(O)(Cl)C(Cl)Cl.[Mo]. The molecule has 4 unspecified atom stereocenters. The van der Waals surface area contributed by atoms with E-state index >= 15 is 0 Å². The third-order valence-corrected chi connectivity index (χ3v) is 6.76. The molecular formula is C12H20Cl12MoO4. The maximum Gasteiger partial charge on any atom is 0.165 e. The summed E-state index contributed by atoms with van der Waals surface area (Å²) < 4.78 is 0. The Morgan fingerprint density at radius 3 is 0.448 bits per heavy atom. The van der Waals surface area contributed by atoms with Gasteiger partial charge in [0.1, 0.15) is 19.3 Å². The summed E-state index contributed by atoms with van der Waals surface area (Å²) in [4.78, 5) is -3.74. The molecule has 4 N–H and O–H groups in total. The van der Waals surface area contributed by atoms with Crippen molar-refractivity contribution in [1.82, 2.24) is 0 Å². The van der Waals surface area contributed by atoms with Gasteiger partial charge in [-0.3, -0.25) is 0 Å². The first-order valence-electron chi connectivity index (χ1n) is 6.55. The molecule has 4 nitrogen and oxygen atoms in total. The van der Waals surface area contributed by atoms with Crippen molar-refractivity contribution in [2.75, 3.05) is 0 Å². The Bertz CT molecular complexity index is 301. The van der Waals surface area contributed by atoms with Gasteiger partial charge in [0.15, 0.2) is 20.2 Å². The van der Waals surface area contributed by atoms with Crippen molar-refractivity contribution in [3.05, 3.63) is 0 Å². The molecule has 17 heteroatoms. The van der Waals surface area contributed by atoms with Crippen molar-refractivity contribution in [1.29, 1.82) is 0 Å². The summed E-state index contributed by atoms with van der Waals surface area (Å²) in [5.74, 6) is 0. The Balaban J connectivity index is -0.0000000873. The van der Waals surface area contributed by atoms with Crippen molar-refractivity contribution in [2.45, 2.75) is 67.3 Å². The van der Waals surface area contributed by atoms with Crippen LogP contribution in [0.4, 0.5) is 0 Å². The standard InChI is InChI=1S/4C3H5Cl3O.Mo/c4*1-3(6,7)2(4)5;/h4*2,7H,1H3;. The number of aliphatic hydroxyl groups is 4. The Labute approximate surface area is 245 Å². The first-order valence-corrected chi connectivity index (χ1v) is 11.6. The molecule has 182 valence electrons. The molecule has 29 heavy (non-hydrogen) atoms. The first-order chi connectivity index (χ1) is 11.8. The van der Waals surface area contributed by atoms with Crippen molar-refractivity contribution in [2.24, 2.45) is 0 Å². The summed E-state index contributed by atoms with van der Waals surface area (Å²) in [6.45, 7) is 5.27. The van der Waals surface area contributed by atoms with Gasteiger partial charge in [-0.25, -0.2) is 0 Å². The second kappa shape index (κ2) is 19.2. The molecule has 0 aromatic heterocycles. The van der Waals surface area contributed by atoms with E-state index in [2.05, 4.69) is 0 Å².